The number of rotatable bonds is 4. The van der Waals surface area contributed by atoms with Gasteiger partial charge in [0.2, 0.25) is 0 Å². The molecule has 178 valence electrons. The first-order chi connectivity index (χ1) is 16.3. The molecule has 2 fully saturated rings. The van der Waals surface area contributed by atoms with Gasteiger partial charge in [0.25, 0.3) is 5.91 Å². The summed E-state index contributed by atoms with van der Waals surface area (Å²) in [5, 5.41) is 13.6. The van der Waals surface area contributed by atoms with E-state index < -0.39 is 23.1 Å². The Hall–Kier alpha value is -3.53. The Morgan fingerprint density at radius 1 is 1.12 bits per heavy atom. The maximum Gasteiger partial charge on any atom is 0.323 e. The minimum Gasteiger partial charge on any atom is -0.480 e. The number of carboxylic acids is 1. The first kappa shape index (κ1) is 22.3. The second kappa shape index (κ2) is 8.35. The quantitative estimate of drug-likeness (QED) is 0.609. The van der Waals surface area contributed by atoms with Crippen molar-refractivity contribution in [2.45, 2.75) is 37.3 Å². The van der Waals surface area contributed by atoms with Crippen molar-refractivity contribution in [2.24, 2.45) is 5.73 Å². The van der Waals surface area contributed by atoms with Crippen LogP contribution in [0.1, 0.15) is 47.6 Å². The maximum atomic E-state index is 14.5. The van der Waals surface area contributed by atoms with Gasteiger partial charge >= 0.3 is 5.97 Å². The average molecular weight is 469 g/mol. The Labute approximate surface area is 194 Å². The number of nitrogens with zero attached hydrogens (tertiary/aromatic N) is 4. The lowest BCUT2D eigenvalue weighted by Gasteiger charge is -2.36. The number of anilines is 1. The number of pyridine rings is 1. The number of nitrogens with two attached hydrogens (primary N) is 1. The van der Waals surface area contributed by atoms with Gasteiger partial charge < -0.3 is 20.6 Å². The van der Waals surface area contributed by atoms with Crippen molar-refractivity contribution in [3.8, 4) is 0 Å². The van der Waals surface area contributed by atoms with Crippen molar-refractivity contribution >= 4 is 23.1 Å². The Bertz CT molecular complexity index is 1270. The first-order valence-corrected chi connectivity index (χ1v) is 11.3. The highest BCUT2D eigenvalue weighted by atomic mass is 19.1. The smallest absolute Gasteiger partial charge is 0.323 e. The summed E-state index contributed by atoms with van der Waals surface area (Å²) in [7, 11) is 0. The third-order valence-electron chi connectivity index (χ3n) is 7.01. The number of halogens is 2. The summed E-state index contributed by atoms with van der Waals surface area (Å²) >= 11 is 0. The molecule has 3 aromatic rings. The zero-order valence-corrected chi connectivity index (χ0v) is 18.5. The fourth-order valence-corrected chi connectivity index (χ4v) is 4.98. The van der Waals surface area contributed by atoms with Gasteiger partial charge in [-0.1, -0.05) is 0 Å². The van der Waals surface area contributed by atoms with Crippen molar-refractivity contribution in [1.82, 2.24) is 14.5 Å². The summed E-state index contributed by atoms with van der Waals surface area (Å²) in [5.41, 5.74) is 6.72. The molecule has 0 spiro atoms. The highest BCUT2D eigenvalue weighted by Crippen LogP contribution is 2.38. The lowest BCUT2D eigenvalue weighted by atomic mass is 9.88. The van der Waals surface area contributed by atoms with Crippen molar-refractivity contribution in [1.29, 1.82) is 0 Å². The van der Waals surface area contributed by atoms with Crippen LogP contribution in [0.5, 0.6) is 0 Å². The maximum absolute atomic E-state index is 14.5. The number of hydrogen-bond donors (Lipinski definition) is 2. The van der Waals surface area contributed by atoms with Crippen LogP contribution < -0.4 is 10.6 Å². The van der Waals surface area contributed by atoms with E-state index in [2.05, 4.69) is 5.10 Å². The van der Waals surface area contributed by atoms with Crippen LogP contribution in [0.4, 0.5) is 14.5 Å². The number of fused-ring (bicyclic) bond motifs is 1. The van der Waals surface area contributed by atoms with E-state index in [-0.39, 0.29) is 37.9 Å². The van der Waals surface area contributed by atoms with E-state index in [0.717, 1.165) is 24.2 Å². The van der Waals surface area contributed by atoms with E-state index in [1.807, 2.05) is 17.0 Å². The standard InChI is InChI=1S/C24H25F2N5O3/c25-15-3-4-19(26)17(12-15)20-2-1-8-30(20)16-5-9-31-21(13-16)18(14-28-31)22(32)29-10-6-24(27,7-11-29)23(33)34/h3-5,9,12-14,20H,1-2,6-8,10-11,27H2,(H,33,34). The molecule has 10 heteroatoms. The Kier molecular flexibility index (Phi) is 5.47. The number of aromatic nitrogens is 2. The predicted octanol–water partition coefficient (Wildman–Crippen LogP) is 2.97. The third-order valence-corrected chi connectivity index (χ3v) is 7.01. The average Bonchev–Trinajstić information content (AvgIpc) is 3.47. The van der Waals surface area contributed by atoms with E-state index >= 15 is 0 Å². The zero-order chi connectivity index (χ0) is 24.0. The Morgan fingerprint density at radius 3 is 2.62 bits per heavy atom. The fraction of sp³-hybridized carbons (Fsp3) is 0.375. The minimum atomic E-state index is -1.32. The van der Waals surface area contributed by atoms with Gasteiger partial charge in [0.15, 0.2) is 0 Å². The highest BCUT2D eigenvalue weighted by Gasteiger charge is 2.39. The van der Waals surface area contributed by atoms with E-state index in [0.29, 0.717) is 29.6 Å². The van der Waals surface area contributed by atoms with Crippen molar-refractivity contribution < 1.29 is 23.5 Å². The molecule has 2 aliphatic rings. The van der Waals surface area contributed by atoms with Crippen molar-refractivity contribution in [2.75, 3.05) is 24.5 Å². The van der Waals surface area contributed by atoms with Crippen LogP contribution in [0.2, 0.25) is 0 Å². The van der Waals surface area contributed by atoms with Crippen molar-refractivity contribution in [3.05, 3.63) is 65.5 Å². The lowest BCUT2D eigenvalue weighted by molar-refractivity contribution is -0.145. The van der Waals surface area contributed by atoms with Crippen LogP contribution >= 0.6 is 0 Å². The molecule has 3 N–H and O–H groups in total. The number of aliphatic carboxylic acids is 1. The topological polar surface area (TPSA) is 104 Å². The number of piperidine rings is 1. The van der Waals surface area contributed by atoms with Gasteiger partial charge in [-0.2, -0.15) is 5.10 Å². The van der Waals surface area contributed by atoms with Crippen LogP contribution in [0.3, 0.4) is 0 Å². The molecule has 0 radical (unpaired) electrons. The molecule has 34 heavy (non-hydrogen) atoms. The summed E-state index contributed by atoms with van der Waals surface area (Å²) in [6, 6.07) is 6.88. The number of carboxylic acid groups (broad SMARTS) is 1. The zero-order valence-electron chi connectivity index (χ0n) is 18.5. The van der Waals surface area contributed by atoms with Crippen LogP contribution in [0.15, 0.2) is 42.7 Å². The van der Waals surface area contributed by atoms with Crippen LogP contribution in [-0.4, -0.2) is 56.7 Å². The van der Waals surface area contributed by atoms with E-state index in [1.165, 1.54) is 12.3 Å². The van der Waals surface area contributed by atoms with Gasteiger partial charge in [-0.15, -0.1) is 0 Å². The molecule has 1 unspecified atom stereocenters. The number of amides is 1. The number of benzene rings is 1. The predicted molar refractivity (Wildman–Crippen MR) is 121 cm³/mol. The molecule has 2 saturated heterocycles. The van der Waals surface area contributed by atoms with E-state index in [9.17, 15) is 23.5 Å². The SMILES string of the molecule is NC1(C(=O)O)CCN(C(=O)c2cnn3ccc(N4CCCC4c4cc(F)ccc4F)cc23)CC1. The number of likely N-dealkylation sites (tertiary alicyclic amines) is 1. The molecule has 2 aliphatic heterocycles. The molecule has 4 heterocycles. The highest BCUT2D eigenvalue weighted by molar-refractivity contribution is 6.01. The minimum absolute atomic E-state index is 0.174. The van der Waals surface area contributed by atoms with Gasteiger partial charge in [-0.3, -0.25) is 9.59 Å². The van der Waals surface area contributed by atoms with Crippen molar-refractivity contribution in [3.63, 3.8) is 0 Å². The fourth-order valence-electron chi connectivity index (χ4n) is 4.98. The molecule has 0 aliphatic carbocycles. The van der Waals surface area contributed by atoms with Gasteiger partial charge in [-0.05, 0) is 56.0 Å². The molecule has 1 amide bonds. The van der Waals surface area contributed by atoms with Crippen LogP contribution in [0.25, 0.3) is 5.52 Å². The largest absolute Gasteiger partial charge is 0.480 e. The van der Waals surface area contributed by atoms with Gasteiger partial charge in [0.05, 0.1) is 23.3 Å². The molecular formula is C24H25F2N5O3. The molecule has 2 aromatic heterocycles. The Balaban J connectivity index is 1.43. The van der Waals surface area contributed by atoms with Gasteiger partial charge in [0, 0.05) is 37.1 Å². The summed E-state index contributed by atoms with van der Waals surface area (Å²) in [4.78, 5) is 28.3. The molecule has 1 atom stereocenters. The normalized spacial score (nSPS) is 20.1. The summed E-state index contributed by atoms with van der Waals surface area (Å²) in [5.74, 6) is -2.22. The van der Waals surface area contributed by atoms with E-state index in [1.54, 1.807) is 15.6 Å². The molecule has 0 bridgehead atoms. The summed E-state index contributed by atoms with van der Waals surface area (Å²) in [6.45, 7) is 1.16. The molecule has 1 aromatic carbocycles. The molecule has 0 saturated carbocycles. The summed E-state index contributed by atoms with van der Waals surface area (Å²) < 4.78 is 29.9. The third kappa shape index (κ3) is 3.77. The molecular weight excluding hydrogens is 444 g/mol. The van der Waals surface area contributed by atoms with Gasteiger partial charge in [-0.25, -0.2) is 13.3 Å². The number of carbonyl (C=O) groups excluding carboxylic acids is 1. The second-order valence-electron chi connectivity index (χ2n) is 9.04. The summed E-state index contributed by atoms with van der Waals surface area (Å²) in [6.07, 6.45) is 5.10. The molecule has 5 rings (SSSR count). The lowest BCUT2D eigenvalue weighted by Crippen LogP contribution is -2.56. The first-order valence-electron chi connectivity index (χ1n) is 11.3. The van der Waals surface area contributed by atoms with E-state index in [4.69, 9.17) is 5.73 Å². The second-order valence-corrected chi connectivity index (χ2v) is 9.04. The molecule has 8 nitrogen and oxygen atoms in total. The number of hydrogen-bond acceptors (Lipinski definition) is 5. The van der Waals surface area contributed by atoms with Crippen LogP contribution in [0, 0.1) is 11.6 Å². The Morgan fingerprint density at radius 2 is 1.88 bits per heavy atom. The monoisotopic (exact) mass is 469 g/mol. The number of carbonyl (C=O) groups is 2. The van der Waals surface area contributed by atoms with Crippen LogP contribution in [-0.2, 0) is 4.79 Å². The van der Waals surface area contributed by atoms with Gasteiger partial charge in [0.1, 0.15) is 17.2 Å².